The average molecular weight is 237 g/mol. The summed E-state index contributed by atoms with van der Waals surface area (Å²) in [5.74, 6) is 0.736. The number of ether oxygens (including phenoxy) is 1. The number of carbonyl (C=O) groups excluding carboxylic acids is 1. The van der Waals surface area contributed by atoms with Gasteiger partial charge in [0, 0.05) is 40.6 Å². The first kappa shape index (κ1) is 13.4. The molecule has 5 nitrogen and oxygen atoms in total. The van der Waals surface area contributed by atoms with Crippen molar-refractivity contribution in [3.63, 3.8) is 0 Å². The molecular weight excluding hydrogens is 218 g/mol. The van der Waals surface area contributed by atoms with Crippen LogP contribution in [0.3, 0.4) is 0 Å². The number of nitrogens with one attached hydrogen (secondary N) is 1. The van der Waals surface area contributed by atoms with Crippen LogP contribution >= 0.6 is 0 Å². The van der Waals surface area contributed by atoms with E-state index < -0.39 is 0 Å². The molecule has 1 heterocycles. The molecule has 17 heavy (non-hydrogen) atoms. The number of hydrogen-bond donors (Lipinski definition) is 1. The van der Waals surface area contributed by atoms with E-state index in [0.29, 0.717) is 5.56 Å². The van der Waals surface area contributed by atoms with Crippen LogP contribution in [0.2, 0.25) is 0 Å². The van der Waals surface area contributed by atoms with E-state index >= 15 is 0 Å². The molecule has 0 saturated heterocycles. The van der Waals surface area contributed by atoms with Crippen molar-refractivity contribution in [2.75, 3.05) is 39.7 Å². The highest BCUT2D eigenvalue weighted by molar-refractivity contribution is 5.93. The number of methoxy groups -OCH3 is 1. The van der Waals surface area contributed by atoms with Crippen LogP contribution < -0.4 is 5.32 Å². The second-order valence-electron chi connectivity index (χ2n) is 3.90. The van der Waals surface area contributed by atoms with Gasteiger partial charge in [0.1, 0.15) is 5.82 Å². The largest absolute Gasteiger partial charge is 0.385 e. The lowest BCUT2D eigenvalue weighted by atomic mass is 10.2. The second kappa shape index (κ2) is 6.85. The van der Waals surface area contributed by atoms with Crippen LogP contribution in [-0.2, 0) is 4.74 Å². The van der Waals surface area contributed by atoms with Gasteiger partial charge in [-0.25, -0.2) is 4.98 Å². The van der Waals surface area contributed by atoms with Crippen LogP contribution in [-0.4, -0.2) is 50.1 Å². The number of aromatic nitrogens is 1. The van der Waals surface area contributed by atoms with Crippen molar-refractivity contribution < 1.29 is 9.53 Å². The van der Waals surface area contributed by atoms with Gasteiger partial charge < -0.3 is 15.0 Å². The lowest BCUT2D eigenvalue weighted by Crippen LogP contribution is -2.21. The van der Waals surface area contributed by atoms with E-state index in [4.69, 9.17) is 4.74 Å². The van der Waals surface area contributed by atoms with Gasteiger partial charge in [0.2, 0.25) is 0 Å². The van der Waals surface area contributed by atoms with Crippen molar-refractivity contribution in [2.24, 2.45) is 0 Å². The lowest BCUT2D eigenvalue weighted by molar-refractivity contribution is 0.0827. The molecule has 0 unspecified atom stereocenters. The quantitative estimate of drug-likeness (QED) is 0.756. The molecule has 0 aliphatic rings. The van der Waals surface area contributed by atoms with Crippen molar-refractivity contribution in [3.05, 3.63) is 23.9 Å². The third-order valence-electron chi connectivity index (χ3n) is 2.25. The summed E-state index contributed by atoms with van der Waals surface area (Å²) in [7, 11) is 5.12. The maximum atomic E-state index is 11.6. The Kier molecular flexibility index (Phi) is 5.42. The van der Waals surface area contributed by atoms with E-state index in [0.717, 1.165) is 25.4 Å². The van der Waals surface area contributed by atoms with E-state index in [1.807, 2.05) is 6.07 Å². The van der Waals surface area contributed by atoms with E-state index in [-0.39, 0.29) is 5.91 Å². The maximum Gasteiger partial charge on any atom is 0.254 e. The molecule has 1 aromatic rings. The molecule has 0 atom stereocenters. The van der Waals surface area contributed by atoms with Crippen LogP contribution in [0.4, 0.5) is 5.82 Å². The van der Waals surface area contributed by atoms with Crippen molar-refractivity contribution in [2.45, 2.75) is 6.42 Å². The molecule has 94 valence electrons. The highest BCUT2D eigenvalue weighted by Gasteiger charge is 2.07. The normalized spacial score (nSPS) is 10.1. The van der Waals surface area contributed by atoms with Crippen molar-refractivity contribution in [1.82, 2.24) is 9.88 Å². The lowest BCUT2D eigenvalue weighted by Gasteiger charge is -2.10. The number of rotatable bonds is 6. The van der Waals surface area contributed by atoms with Crippen LogP contribution in [0.15, 0.2) is 18.3 Å². The van der Waals surface area contributed by atoms with Gasteiger partial charge in [-0.3, -0.25) is 4.79 Å². The molecule has 5 heteroatoms. The van der Waals surface area contributed by atoms with E-state index in [1.165, 1.54) is 4.90 Å². The van der Waals surface area contributed by atoms with Gasteiger partial charge in [0.25, 0.3) is 5.91 Å². The molecule has 1 aromatic heterocycles. The van der Waals surface area contributed by atoms with Gasteiger partial charge in [-0.15, -0.1) is 0 Å². The van der Waals surface area contributed by atoms with Crippen LogP contribution in [0.25, 0.3) is 0 Å². The molecule has 0 aliphatic heterocycles. The fourth-order valence-corrected chi connectivity index (χ4v) is 1.32. The van der Waals surface area contributed by atoms with E-state index in [2.05, 4.69) is 10.3 Å². The molecule has 0 bridgehead atoms. The van der Waals surface area contributed by atoms with Crippen LogP contribution in [0, 0.1) is 0 Å². The molecule has 1 amide bonds. The van der Waals surface area contributed by atoms with Crippen molar-refractivity contribution >= 4 is 11.7 Å². The Hall–Kier alpha value is -1.62. The third-order valence-corrected chi connectivity index (χ3v) is 2.25. The number of pyridine rings is 1. The minimum atomic E-state index is -0.0385. The Morgan fingerprint density at radius 2 is 2.24 bits per heavy atom. The Bertz CT molecular complexity index is 349. The van der Waals surface area contributed by atoms with Crippen LogP contribution in [0.5, 0.6) is 0 Å². The zero-order chi connectivity index (χ0) is 12.7. The zero-order valence-electron chi connectivity index (χ0n) is 10.6. The van der Waals surface area contributed by atoms with Gasteiger partial charge >= 0.3 is 0 Å². The minimum absolute atomic E-state index is 0.0385. The van der Waals surface area contributed by atoms with Crippen molar-refractivity contribution in [3.8, 4) is 0 Å². The van der Waals surface area contributed by atoms with Crippen LogP contribution in [0.1, 0.15) is 16.8 Å². The maximum absolute atomic E-state index is 11.6. The summed E-state index contributed by atoms with van der Waals surface area (Å²) in [6, 6.07) is 3.58. The van der Waals surface area contributed by atoms with E-state index in [9.17, 15) is 4.79 Å². The van der Waals surface area contributed by atoms with Gasteiger partial charge in [-0.1, -0.05) is 0 Å². The number of hydrogen-bond acceptors (Lipinski definition) is 4. The first-order valence-electron chi connectivity index (χ1n) is 5.55. The highest BCUT2D eigenvalue weighted by Crippen LogP contribution is 2.06. The monoisotopic (exact) mass is 237 g/mol. The molecule has 1 N–H and O–H groups in total. The first-order valence-corrected chi connectivity index (χ1v) is 5.55. The Morgan fingerprint density at radius 3 is 2.76 bits per heavy atom. The predicted octanol–water partition coefficient (Wildman–Crippen LogP) is 1.23. The first-order chi connectivity index (χ1) is 8.15. The topological polar surface area (TPSA) is 54.5 Å². The van der Waals surface area contributed by atoms with Gasteiger partial charge in [0.15, 0.2) is 0 Å². The Balaban J connectivity index is 2.47. The SMILES string of the molecule is COCCCNc1ccc(C(=O)N(C)C)cn1. The summed E-state index contributed by atoms with van der Waals surface area (Å²) < 4.78 is 4.95. The summed E-state index contributed by atoms with van der Waals surface area (Å²) in [4.78, 5) is 17.3. The van der Waals surface area contributed by atoms with Gasteiger partial charge in [0.05, 0.1) is 5.56 Å². The molecule has 0 aromatic carbocycles. The summed E-state index contributed by atoms with van der Waals surface area (Å²) in [5, 5.41) is 3.16. The third kappa shape index (κ3) is 4.40. The molecule has 0 saturated carbocycles. The number of anilines is 1. The summed E-state index contributed by atoms with van der Waals surface area (Å²) in [6.07, 6.45) is 2.51. The minimum Gasteiger partial charge on any atom is -0.385 e. The Labute approximate surface area is 102 Å². The molecule has 1 rings (SSSR count). The summed E-state index contributed by atoms with van der Waals surface area (Å²) in [5.41, 5.74) is 0.595. The molecule has 0 fully saturated rings. The number of carbonyl (C=O) groups is 1. The smallest absolute Gasteiger partial charge is 0.254 e. The average Bonchev–Trinajstić information content (AvgIpc) is 2.34. The fraction of sp³-hybridized carbons (Fsp3) is 0.500. The van der Waals surface area contributed by atoms with E-state index in [1.54, 1.807) is 33.5 Å². The predicted molar refractivity (Wildman–Crippen MR) is 67.2 cm³/mol. The van der Waals surface area contributed by atoms with Crippen molar-refractivity contribution in [1.29, 1.82) is 0 Å². The fourth-order valence-electron chi connectivity index (χ4n) is 1.32. The Morgan fingerprint density at radius 1 is 1.47 bits per heavy atom. The highest BCUT2D eigenvalue weighted by atomic mass is 16.5. The van der Waals surface area contributed by atoms with Gasteiger partial charge in [-0.2, -0.15) is 0 Å². The second-order valence-corrected chi connectivity index (χ2v) is 3.90. The summed E-state index contributed by atoms with van der Waals surface area (Å²) in [6.45, 7) is 1.53. The molecular formula is C12H19N3O2. The number of nitrogens with zero attached hydrogens (tertiary/aromatic N) is 2. The summed E-state index contributed by atoms with van der Waals surface area (Å²) >= 11 is 0. The molecule has 0 spiro atoms. The molecule has 0 aliphatic carbocycles. The molecule has 0 radical (unpaired) electrons. The zero-order valence-corrected chi connectivity index (χ0v) is 10.6. The number of amides is 1. The standard InChI is InChI=1S/C12H19N3O2/c1-15(2)12(16)10-5-6-11(14-9-10)13-7-4-8-17-3/h5-6,9H,4,7-8H2,1-3H3,(H,13,14). The van der Waals surface area contributed by atoms with Gasteiger partial charge in [-0.05, 0) is 18.6 Å².